The Morgan fingerprint density at radius 2 is 1.62 bits per heavy atom. The van der Waals surface area contributed by atoms with E-state index in [4.69, 9.17) is 0 Å². The van der Waals surface area contributed by atoms with Crippen LogP contribution in [0.1, 0.15) is 52.4 Å². The number of imide groups is 2. The molecule has 5 fully saturated rings. The lowest BCUT2D eigenvalue weighted by molar-refractivity contribution is -0.133. The lowest BCUT2D eigenvalue weighted by atomic mass is 9.53. The fourth-order valence-electron chi connectivity index (χ4n) is 5.81. The van der Waals surface area contributed by atoms with Gasteiger partial charge in [-0.1, -0.05) is 0 Å². The molecule has 142 valence electrons. The highest BCUT2D eigenvalue weighted by Gasteiger charge is 2.51. The highest BCUT2D eigenvalue weighted by Crippen LogP contribution is 2.55. The molecule has 0 radical (unpaired) electrons. The van der Waals surface area contributed by atoms with Crippen molar-refractivity contribution in [2.24, 2.45) is 17.8 Å². The maximum absolute atomic E-state index is 12.4. The van der Waals surface area contributed by atoms with E-state index >= 15 is 0 Å². The molecule has 0 atom stereocenters. The summed E-state index contributed by atoms with van der Waals surface area (Å²) in [6, 6.07) is -1.14. The van der Waals surface area contributed by atoms with Gasteiger partial charge < -0.3 is 10.6 Å². The molecule has 1 aliphatic heterocycles. The first-order chi connectivity index (χ1) is 12.2. The van der Waals surface area contributed by atoms with Gasteiger partial charge in [0.25, 0.3) is 5.91 Å². The number of urea groups is 2. The van der Waals surface area contributed by atoms with E-state index in [-0.39, 0.29) is 5.54 Å². The Kier molecular flexibility index (Phi) is 3.79. The van der Waals surface area contributed by atoms with Gasteiger partial charge in [-0.25, -0.2) is 9.59 Å². The average molecular weight is 362 g/mol. The van der Waals surface area contributed by atoms with E-state index in [0.717, 1.165) is 24.2 Å². The quantitative estimate of drug-likeness (QED) is 0.654. The summed E-state index contributed by atoms with van der Waals surface area (Å²) in [5.74, 6) is 0.925. The molecule has 4 aliphatic carbocycles. The predicted molar refractivity (Wildman–Crippen MR) is 91.9 cm³/mol. The van der Waals surface area contributed by atoms with Gasteiger partial charge in [-0.15, -0.1) is 0 Å². The molecule has 0 aromatic rings. The predicted octanol–water partition coefficient (Wildman–Crippen LogP) is 1.11. The number of rotatable bonds is 3. The average Bonchev–Trinajstić information content (AvgIpc) is 2.67. The third-order valence-corrected chi connectivity index (χ3v) is 6.42. The molecule has 1 saturated heterocycles. The van der Waals surface area contributed by atoms with Crippen LogP contribution in [0.15, 0.2) is 0 Å². The van der Waals surface area contributed by atoms with Gasteiger partial charge in [0, 0.05) is 5.54 Å². The molecule has 5 aliphatic rings. The zero-order valence-corrected chi connectivity index (χ0v) is 15.3. The molecule has 4 saturated carbocycles. The van der Waals surface area contributed by atoms with Crippen LogP contribution < -0.4 is 16.0 Å². The third-order valence-electron chi connectivity index (χ3n) is 6.42. The van der Waals surface area contributed by atoms with Crippen LogP contribution in [0.4, 0.5) is 9.59 Å². The lowest BCUT2D eigenvalue weighted by Crippen LogP contribution is -2.62. The summed E-state index contributed by atoms with van der Waals surface area (Å²) in [6.45, 7) is 2.69. The van der Waals surface area contributed by atoms with E-state index in [1.165, 1.54) is 19.3 Å². The Labute approximate surface area is 152 Å². The Balaban J connectivity index is 1.33. The summed E-state index contributed by atoms with van der Waals surface area (Å²) in [5.41, 5.74) is -1.22. The van der Waals surface area contributed by atoms with Crippen LogP contribution in [0, 0.1) is 17.8 Å². The van der Waals surface area contributed by atoms with Crippen LogP contribution in [-0.4, -0.2) is 46.4 Å². The summed E-state index contributed by atoms with van der Waals surface area (Å²) < 4.78 is 0. The first-order valence-corrected chi connectivity index (χ1v) is 9.42. The van der Waals surface area contributed by atoms with E-state index in [9.17, 15) is 19.2 Å². The van der Waals surface area contributed by atoms with E-state index in [1.54, 1.807) is 13.8 Å². The van der Waals surface area contributed by atoms with Crippen molar-refractivity contribution in [2.75, 3.05) is 6.54 Å². The second-order valence-electron chi connectivity index (χ2n) is 9.15. The third kappa shape index (κ3) is 2.95. The number of amides is 6. The number of nitrogens with zero attached hydrogens (tertiary/aromatic N) is 1. The fourth-order valence-corrected chi connectivity index (χ4v) is 5.81. The van der Waals surface area contributed by atoms with Gasteiger partial charge in [-0.05, 0) is 70.1 Å². The number of hydrogen-bond donors (Lipinski definition) is 3. The van der Waals surface area contributed by atoms with Crippen LogP contribution in [0.3, 0.4) is 0 Å². The molecule has 3 N–H and O–H groups in total. The normalized spacial score (nSPS) is 36.8. The minimum Gasteiger partial charge on any atom is -0.332 e. The number of nitrogens with one attached hydrogen (secondary N) is 3. The van der Waals surface area contributed by atoms with Crippen molar-refractivity contribution in [3.63, 3.8) is 0 Å². The molecule has 0 spiro atoms. The van der Waals surface area contributed by atoms with Crippen molar-refractivity contribution >= 4 is 23.9 Å². The monoisotopic (exact) mass is 362 g/mol. The van der Waals surface area contributed by atoms with Crippen molar-refractivity contribution in [3.05, 3.63) is 0 Å². The molecule has 8 nitrogen and oxygen atoms in total. The maximum Gasteiger partial charge on any atom is 0.325 e. The molecule has 0 aromatic carbocycles. The van der Waals surface area contributed by atoms with Gasteiger partial charge in [-0.2, -0.15) is 0 Å². The number of carbonyl (C=O) groups is 4. The van der Waals surface area contributed by atoms with E-state index in [2.05, 4.69) is 16.0 Å². The molecule has 5 rings (SSSR count). The maximum atomic E-state index is 12.4. The van der Waals surface area contributed by atoms with E-state index in [1.807, 2.05) is 0 Å². The zero-order valence-electron chi connectivity index (χ0n) is 15.3. The van der Waals surface area contributed by atoms with Crippen molar-refractivity contribution in [1.29, 1.82) is 0 Å². The Hall–Kier alpha value is -2.12. The number of carbonyl (C=O) groups excluding carboxylic acids is 4. The molecular formula is C18H26N4O4. The van der Waals surface area contributed by atoms with Crippen molar-refractivity contribution < 1.29 is 19.2 Å². The topological polar surface area (TPSA) is 108 Å². The molecule has 26 heavy (non-hydrogen) atoms. The van der Waals surface area contributed by atoms with Gasteiger partial charge in [0.15, 0.2) is 0 Å². The fraction of sp³-hybridized carbons (Fsp3) is 0.778. The Morgan fingerprint density at radius 3 is 2.08 bits per heavy atom. The molecule has 8 heteroatoms. The highest BCUT2D eigenvalue weighted by atomic mass is 16.2. The van der Waals surface area contributed by atoms with Crippen molar-refractivity contribution in [3.8, 4) is 0 Å². The first kappa shape index (κ1) is 17.3. The second-order valence-corrected chi connectivity index (χ2v) is 9.15. The molecule has 0 aromatic heterocycles. The van der Waals surface area contributed by atoms with Crippen LogP contribution >= 0.6 is 0 Å². The standard InChI is InChI=1S/C18H26N4O4/c1-17(2)14(24)22(16(26)21-17)9-13(23)19-15(25)20-18-6-10-3-11(7-18)5-12(4-10)8-18/h10-12H,3-9H2,1-2H3,(H,21,26)(H2,19,20,23,25). The van der Waals surface area contributed by atoms with E-state index < -0.39 is 36.0 Å². The second kappa shape index (κ2) is 5.69. The van der Waals surface area contributed by atoms with Gasteiger partial charge in [0.1, 0.15) is 12.1 Å². The molecular weight excluding hydrogens is 336 g/mol. The summed E-state index contributed by atoms with van der Waals surface area (Å²) in [4.78, 5) is 49.3. The minimum absolute atomic E-state index is 0.193. The minimum atomic E-state index is -1.03. The zero-order chi connectivity index (χ0) is 18.7. The summed E-state index contributed by atoms with van der Waals surface area (Å²) in [7, 11) is 0. The summed E-state index contributed by atoms with van der Waals surface area (Å²) >= 11 is 0. The van der Waals surface area contributed by atoms with Crippen LogP contribution in [0.2, 0.25) is 0 Å². The summed E-state index contributed by atoms with van der Waals surface area (Å²) in [5, 5.41) is 7.84. The largest absolute Gasteiger partial charge is 0.332 e. The Bertz CT molecular complexity index is 651. The SMILES string of the molecule is CC1(C)NC(=O)N(CC(=O)NC(=O)NC23CC4CC(CC(C4)C2)C3)C1=O. The smallest absolute Gasteiger partial charge is 0.325 e. The summed E-state index contributed by atoms with van der Waals surface area (Å²) in [6.07, 6.45) is 6.77. The van der Waals surface area contributed by atoms with E-state index in [0.29, 0.717) is 17.8 Å². The molecule has 0 unspecified atom stereocenters. The Morgan fingerprint density at radius 1 is 1.08 bits per heavy atom. The van der Waals surface area contributed by atoms with Crippen molar-refractivity contribution in [2.45, 2.75) is 63.5 Å². The lowest BCUT2D eigenvalue weighted by Gasteiger charge is -2.56. The number of hydrogen-bond acceptors (Lipinski definition) is 4. The first-order valence-electron chi connectivity index (χ1n) is 9.42. The van der Waals surface area contributed by atoms with Crippen LogP contribution in [0.25, 0.3) is 0 Å². The highest BCUT2D eigenvalue weighted by molar-refractivity contribution is 6.09. The molecule has 6 amide bonds. The molecule has 4 bridgehead atoms. The van der Waals surface area contributed by atoms with Crippen LogP contribution in [0.5, 0.6) is 0 Å². The van der Waals surface area contributed by atoms with Gasteiger partial charge in [0.05, 0.1) is 0 Å². The van der Waals surface area contributed by atoms with Crippen molar-refractivity contribution in [1.82, 2.24) is 20.9 Å². The van der Waals surface area contributed by atoms with Gasteiger partial charge in [0.2, 0.25) is 5.91 Å². The van der Waals surface area contributed by atoms with Gasteiger partial charge >= 0.3 is 12.1 Å². The van der Waals surface area contributed by atoms with Gasteiger partial charge in [-0.3, -0.25) is 19.8 Å². The van der Waals surface area contributed by atoms with Crippen LogP contribution in [-0.2, 0) is 9.59 Å². The molecule has 1 heterocycles.